The van der Waals surface area contributed by atoms with Gasteiger partial charge in [0.25, 0.3) is 0 Å². The summed E-state index contributed by atoms with van der Waals surface area (Å²) in [5.74, 6) is -0.844. The third kappa shape index (κ3) is 4.89. The minimum Gasteiger partial charge on any atom is -0.480 e. The Morgan fingerprint density at radius 2 is 1.93 bits per heavy atom. The van der Waals surface area contributed by atoms with E-state index >= 15 is 0 Å². The lowest BCUT2D eigenvalue weighted by atomic mass is 9.77. The molecule has 3 saturated heterocycles. The summed E-state index contributed by atoms with van der Waals surface area (Å²) in [6, 6.07) is -0.181. The average molecular weight is 426 g/mol. The van der Waals surface area contributed by atoms with Crippen LogP contribution in [0.2, 0.25) is 6.32 Å². The van der Waals surface area contributed by atoms with Crippen molar-refractivity contribution < 1.29 is 24.7 Å². The highest BCUT2D eigenvalue weighted by Crippen LogP contribution is 2.41. The van der Waals surface area contributed by atoms with Gasteiger partial charge in [-0.05, 0) is 38.5 Å². The molecule has 0 aromatic rings. The van der Waals surface area contributed by atoms with E-state index in [1.165, 1.54) is 0 Å². The fraction of sp³-hybridized carbons (Fsp3) is 0.875. The monoisotopic (exact) mass is 425 g/mol. The van der Waals surface area contributed by atoms with Crippen LogP contribution in [0.1, 0.15) is 38.5 Å². The summed E-state index contributed by atoms with van der Waals surface area (Å²) in [4.78, 5) is 26.7. The van der Waals surface area contributed by atoms with E-state index in [4.69, 9.17) is 10.0 Å². The van der Waals surface area contributed by atoms with Crippen molar-refractivity contribution in [2.24, 2.45) is 5.92 Å². The maximum Gasteiger partial charge on any atom is 0.451 e. The number of aliphatic carboxylic acids is 1. The van der Waals surface area contributed by atoms with Crippen LogP contribution in [0.4, 0.5) is 0 Å². The van der Waals surface area contributed by atoms with Gasteiger partial charge < -0.3 is 25.4 Å². The lowest BCUT2D eigenvalue weighted by Gasteiger charge is -2.31. The summed E-state index contributed by atoms with van der Waals surface area (Å²) in [6.45, 7) is 2.00. The third-order valence-corrected chi connectivity index (χ3v) is 6.11. The number of carbonyl (C=O) groups is 2. The van der Waals surface area contributed by atoms with Crippen molar-refractivity contribution in [3.05, 3.63) is 0 Å². The van der Waals surface area contributed by atoms with Crippen molar-refractivity contribution in [2.45, 2.75) is 62.5 Å². The van der Waals surface area contributed by atoms with Crippen molar-refractivity contribution in [3.63, 3.8) is 0 Å². The molecule has 3 heterocycles. The largest absolute Gasteiger partial charge is 0.480 e. The molecule has 3 rings (SSSR count). The maximum absolute atomic E-state index is 12.7. The zero-order valence-electron chi connectivity index (χ0n) is 15.3. The fourth-order valence-electron chi connectivity index (χ4n) is 4.81. The van der Waals surface area contributed by atoms with E-state index in [1.54, 1.807) is 0 Å². The number of halogens is 2. The van der Waals surface area contributed by atoms with Crippen molar-refractivity contribution in [2.75, 3.05) is 19.6 Å². The Morgan fingerprint density at radius 1 is 1.19 bits per heavy atom. The molecular formula is C16H30BCl2N3O5. The van der Waals surface area contributed by atoms with E-state index in [0.717, 1.165) is 19.4 Å². The highest BCUT2D eigenvalue weighted by molar-refractivity contribution is 6.40. The van der Waals surface area contributed by atoms with E-state index in [9.17, 15) is 14.7 Å². The molecule has 0 unspecified atom stereocenters. The minimum absolute atomic E-state index is 0. The molecule has 1 amide bonds. The lowest BCUT2D eigenvalue weighted by molar-refractivity contribution is -0.147. The predicted octanol–water partition coefficient (Wildman–Crippen LogP) is -0.131. The smallest absolute Gasteiger partial charge is 0.451 e. The average Bonchev–Trinajstić information content (AvgIpc) is 3.28. The normalized spacial score (nSPS) is 31.8. The molecule has 0 spiro atoms. The topological polar surface area (TPSA) is 122 Å². The molecule has 0 radical (unpaired) electrons. The quantitative estimate of drug-likeness (QED) is 0.284. The van der Waals surface area contributed by atoms with E-state index in [0.29, 0.717) is 38.8 Å². The number of carbonyl (C=O) groups excluding carboxylic acids is 1. The summed E-state index contributed by atoms with van der Waals surface area (Å²) in [6.07, 6.45) is 4.44. The second kappa shape index (κ2) is 10.3. The summed E-state index contributed by atoms with van der Waals surface area (Å²) < 4.78 is 0. The number of carboxylic acid groups (broad SMARTS) is 1. The predicted molar refractivity (Wildman–Crippen MR) is 106 cm³/mol. The molecule has 8 nitrogen and oxygen atoms in total. The van der Waals surface area contributed by atoms with Crippen LogP contribution in [0, 0.1) is 5.92 Å². The Balaban J connectivity index is 0.00000182. The second-order valence-electron chi connectivity index (χ2n) is 7.53. The molecular weight excluding hydrogens is 396 g/mol. The van der Waals surface area contributed by atoms with Crippen LogP contribution in [0.5, 0.6) is 0 Å². The zero-order chi connectivity index (χ0) is 18.0. The number of nitrogens with one attached hydrogen (secondary N) is 2. The summed E-state index contributed by atoms with van der Waals surface area (Å²) >= 11 is 0. The highest BCUT2D eigenvalue weighted by atomic mass is 35.5. The molecule has 27 heavy (non-hydrogen) atoms. The number of hydrogen-bond acceptors (Lipinski definition) is 6. The van der Waals surface area contributed by atoms with Crippen molar-refractivity contribution in [1.82, 2.24) is 15.5 Å². The lowest BCUT2D eigenvalue weighted by Crippen LogP contribution is -2.52. The SMILES string of the molecule is Cl.Cl.O=C([C@@H]1CCCN1)N1CC[C@H]2[C@@H]1CN[C@@]2(CCCCB(O)O)C(=O)O. The van der Waals surface area contributed by atoms with E-state index in [2.05, 4.69) is 10.6 Å². The first-order chi connectivity index (χ1) is 12.0. The van der Waals surface area contributed by atoms with Crippen molar-refractivity contribution in [3.8, 4) is 0 Å². The van der Waals surface area contributed by atoms with Crippen molar-refractivity contribution >= 4 is 43.8 Å². The van der Waals surface area contributed by atoms with Gasteiger partial charge in [-0.2, -0.15) is 0 Å². The molecule has 3 aliphatic heterocycles. The Bertz CT molecular complexity index is 524. The van der Waals surface area contributed by atoms with Crippen LogP contribution >= 0.6 is 24.8 Å². The summed E-state index contributed by atoms with van der Waals surface area (Å²) in [5, 5.41) is 34.2. The molecule has 0 aromatic carbocycles. The number of carboxylic acids is 1. The van der Waals surface area contributed by atoms with Gasteiger partial charge in [0, 0.05) is 25.0 Å². The Labute approximate surface area is 172 Å². The summed E-state index contributed by atoms with van der Waals surface area (Å²) in [5.41, 5.74) is -1.01. The number of hydrogen-bond donors (Lipinski definition) is 5. The molecule has 0 bridgehead atoms. The molecule has 11 heteroatoms. The fourth-order valence-corrected chi connectivity index (χ4v) is 4.81. The molecule has 3 fully saturated rings. The maximum atomic E-state index is 12.7. The van der Waals surface area contributed by atoms with Gasteiger partial charge in [0.15, 0.2) is 0 Å². The van der Waals surface area contributed by atoms with Crippen molar-refractivity contribution in [1.29, 1.82) is 0 Å². The van der Waals surface area contributed by atoms with Gasteiger partial charge in [-0.3, -0.25) is 14.9 Å². The van der Waals surface area contributed by atoms with E-state index < -0.39 is 18.6 Å². The van der Waals surface area contributed by atoms with Crippen LogP contribution in [-0.2, 0) is 9.59 Å². The first kappa shape index (κ1) is 24.5. The third-order valence-electron chi connectivity index (χ3n) is 6.11. The highest BCUT2D eigenvalue weighted by Gasteiger charge is 2.58. The van der Waals surface area contributed by atoms with Gasteiger partial charge in [0.1, 0.15) is 5.54 Å². The van der Waals surface area contributed by atoms with E-state index in [1.807, 2.05) is 4.90 Å². The van der Waals surface area contributed by atoms with Crippen LogP contribution in [0.3, 0.4) is 0 Å². The number of nitrogens with zero attached hydrogens (tertiary/aromatic N) is 1. The van der Waals surface area contributed by atoms with Crippen LogP contribution < -0.4 is 10.6 Å². The first-order valence-electron chi connectivity index (χ1n) is 9.34. The molecule has 0 saturated carbocycles. The zero-order valence-corrected chi connectivity index (χ0v) is 16.9. The van der Waals surface area contributed by atoms with E-state index in [-0.39, 0.29) is 55.0 Å². The Kier molecular flexibility index (Phi) is 9.31. The van der Waals surface area contributed by atoms with Crippen LogP contribution in [0.15, 0.2) is 0 Å². The number of likely N-dealkylation sites (tertiary alicyclic amines) is 1. The van der Waals surface area contributed by atoms with Gasteiger partial charge >= 0.3 is 13.1 Å². The number of fused-ring (bicyclic) bond motifs is 1. The minimum atomic E-state index is -1.34. The Morgan fingerprint density at radius 3 is 2.52 bits per heavy atom. The van der Waals surface area contributed by atoms with Crippen LogP contribution in [0.25, 0.3) is 0 Å². The Hall–Kier alpha value is -0.575. The molecule has 0 aliphatic carbocycles. The van der Waals surface area contributed by atoms with Gasteiger partial charge in [-0.15, -0.1) is 24.8 Å². The molecule has 156 valence electrons. The number of amides is 1. The number of rotatable bonds is 7. The first-order valence-corrected chi connectivity index (χ1v) is 9.34. The molecule has 0 aromatic heterocycles. The standard InChI is InChI=1S/C16H28BN3O5.2ClH/c21-14(12-4-3-8-18-12)20-9-5-11-13(20)10-19-16(11,15(22)23)6-1-2-7-17(24)25;;/h11-13,18-19,24-25H,1-10H2,(H,22,23);2*1H/t11-,12-,13-,16+;;/m0../s1. The van der Waals surface area contributed by atoms with Gasteiger partial charge in [0.2, 0.25) is 5.91 Å². The van der Waals surface area contributed by atoms with Crippen LogP contribution in [-0.4, -0.2) is 76.3 Å². The molecule has 4 atom stereocenters. The van der Waals surface area contributed by atoms with Gasteiger partial charge in [0.05, 0.1) is 6.04 Å². The summed E-state index contributed by atoms with van der Waals surface area (Å²) in [7, 11) is -1.34. The van der Waals surface area contributed by atoms with Gasteiger partial charge in [-0.25, -0.2) is 0 Å². The molecule has 3 aliphatic rings. The number of unbranched alkanes of at least 4 members (excludes halogenated alkanes) is 1. The molecule has 5 N–H and O–H groups in total. The second-order valence-corrected chi connectivity index (χ2v) is 7.53. The van der Waals surface area contributed by atoms with Gasteiger partial charge in [-0.1, -0.05) is 12.8 Å².